The average Bonchev–Trinajstić information content (AvgIpc) is 2.97. The Morgan fingerprint density at radius 3 is 2.67 bits per heavy atom. The monoisotopic (exact) mass is 323 g/mol. The fourth-order valence-corrected chi connectivity index (χ4v) is 2.89. The summed E-state index contributed by atoms with van der Waals surface area (Å²) in [5.74, 6) is -0.00501. The van der Waals surface area contributed by atoms with Crippen LogP contribution in [0, 0.1) is 12.8 Å². The summed E-state index contributed by atoms with van der Waals surface area (Å²) in [5.41, 5.74) is 2.92. The number of anilines is 2. The van der Waals surface area contributed by atoms with Crippen LogP contribution in [-0.2, 0) is 16.0 Å². The van der Waals surface area contributed by atoms with Crippen molar-refractivity contribution in [3.63, 3.8) is 0 Å². The molecule has 5 heteroatoms. The van der Waals surface area contributed by atoms with Gasteiger partial charge in [-0.15, -0.1) is 0 Å². The summed E-state index contributed by atoms with van der Waals surface area (Å²) in [6.07, 6.45) is 1.19. The molecule has 0 radical (unpaired) electrons. The molecule has 0 unspecified atom stereocenters. The topological polar surface area (TPSA) is 62.3 Å². The Bertz CT molecular complexity index is 755. The van der Waals surface area contributed by atoms with Crippen LogP contribution in [0.25, 0.3) is 0 Å². The molecule has 1 aliphatic rings. The number of aromatic nitrogens is 1. The van der Waals surface area contributed by atoms with E-state index in [2.05, 4.69) is 17.2 Å². The van der Waals surface area contributed by atoms with Gasteiger partial charge in [0.25, 0.3) is 0 Å². The number of rotatable bonds is 4. The molecular weight excluding hydrogens is 302 g/mol. The van der Waals surface area contributed by atoms with Crippen LogP contribution in [0.3, 0.4) is 0 Å². The number of carbonyl (C=O) groups excluding carboxylic acids is 2. The Labute approximate surface area is 141 Å². The number of hydrogen-bond acceptors (Lipinski definition) is 3. The molecule has 2 aromatic rings. The molecule has 3 rings (SSSR count). The van der Waals surface area contributed by atoms with Gasteiger partial charge in [-0.05, 0) is 43.2 Å². The highest BCUT2D eigenvalue weighted by atomic mass is 16.2. The molecular formula is C19H21N3O2. The second kappa shape index (κ2) is 6.83. The van der Waals surface area contributed by atoms with Gasteiger partial charge in [-0.1, -0.05) is 25.1 Å². The van der Waals surface area contributed by atoms with E-state index in [0.29, 0.717) is 12.4 Å². The van der Waals surface area contributed by atoms with Gasteiger partial charge in [0, 0.05) is 24.3 Å². The van der Waals surface area contributed by atoms with E-state index in [1.165, 1.54) is 5.56 Å². The predicted molar refractivity (Wildman–Crippen MR) is 93.9 cm³/mol. The molecule has 124 valence electrons. The fourth-order valence-electron chi connectivity index (χ4n) is 2.89. The van der Waals surface area contributed by atoms with Crippen molar-refractivity contribution in [1.82, 2.24) is 4.98 Å². The maximum Gasteiger partial charge on any atom is 0.230 e. The second-order valence-electron chi connectivity index (χ2n) is 6.08. The maximum absolute atomic E-state index is 12.4. The van der Waals surface area contributed by atoms with E-state index in [9.17, 15) is 9.59 Å². The van der Waals surface area contributed by atoms with Crippen LogP contribution in [0.1, 0.15) is 24.6 Å². The Morgan fingerprint density at radius 2 is 2.00 bits per heavy atom. The van der Waals surface area contributed by atoms with Crippen molar-refractivity contribution >= 4 is 23.3 Å². The van der Waals surface area contributed by atoms with Crippen LogP contribution in [0.2, 0.25) is 0 Å². The van der Waals surface area contributed by atoms with Crippen LogP contribution in [0.15, 0.2) is 42.5 Å². The lowest BCUT2D eigenvalue weighted by Gasteiger charge is -2.17. The minimum atomic E-state index is -0.356. The molecule has 1 aromatic heterocycles. The van der Waals surface area contributed by atoms with E-state index in [-0.39, 0.29) is 24.2 Å². The first-order chi connectivity index (χ1) is 11.6. The number of nitrogens with one attached hydrogen (secondary N) is 1. The Hall–Kier alpha value is -2.69. The first-order valence-electron chi connectivity index (χ1n) is 8.20. The van der Waals surface area contributed by atoms with Crippen molar-refractivity contribution in [2.24, 2.45) is 5.92 Å². The average molecular weight is 323 g/mol. The summed E-state index contributed by atoms with van der Waals surface area (Å²) in [6.45, 7) is 4.37. The van der Waals surface area contributed by atoms with Crippen molar-refractivity contribution in [3.05, 3.63) is 53.7 Å². The number of hydrogen-bond donors (Lipinski definition) is 1. The zero-order chi connectivity index (χ0) is 17.1. The highest BCUT2D eigenvalue weighted by molar-refractivity contribution is 6.03. The first kappa shape index (κ1) is 16.2. The van der Waals surface area contributed by atoms with Crippen LogP contribution in [-0.4, -0.2) is 23.3 Å². The zero-order valence-electron chi connectivity index (χ0n) is 14.0. The Balaban J connectivity index is 1.68. The summed E-state index contributed by atoms with van der Waals surface area (Å²) >= 11 is 0. The van der Waals surface area contributed by atoms with E-state index in [4.69, 9.17) is 0 Å². The number of amides is 2. The lowest BCUT2D eigenvalue weighted by atomic mass is 10.1. The highest BCUT2D eigenvalue weighted by Gasteiger charge is 2.35. The number of nitrogens with zero attached hydrogens (tertiary/aromatic N) is 2. The van der Waals surface area contributed by atoms with Gasteiger partial charge in [0.1, 0.15) is 5.82 Å². The fraction of sp³-hybridized carbons (Fsp3) is 0.316. The minimum absolute atomic E-state index is 0.0170. The molecule has 2 amide bonds. The molecule has 1 atom stereocenters. The van der Waals surface area contributed by atoms with Gasteiger partial charge in [-0.2, -0.15) is 0 Å². The second-order valence-corrected chi connectivity index (χ2v) is 6.08. The van der Waals surface area contributed by atoms with Gasteiger partial charge in [0.2, 0.25) is 11.8 Å². The smallest absolute Gasteiger partial charge is 0.230 e. The molecule has 1 aromatic carbocycles. The van der Waals surface area contributed by atoms with Gasteiger partial charge in [-0.25, -0.2) is 4.98 Å². The van der Waals surface area contributed by atoms with Gasteiger partial charge < -0.3 is 10.2 Å². The van der Waals surface area contributed by atoms with Crippen LogP contribution in [0.4, 0.5) is 11.5 Å². The summed E-state index contributed by atoms with van der Waals surface area (Å²) in [5, 5.41) is 2.81. The number of benzene rings is 1. The molecule has 5 nitrogen and oxygen atoms in total. The number of carbonyl (C=O) groups is 2. The molecule has 1 aliphatic heterocycles. The SMILES string of the molecule is CCc1ccc(N2C[C@H](C(=O)Nc3cccc(C)n3)CC2=O)cc1. The van der Waals surface area contributed by atoms with E-state index in [0.717, 1.165) is 17.8 Å². The third-order valence-corrected chi connectivity index (χ3v) is 4.29. The first-order valence-corrected chi connectivity index (χ1v) is 8.20. The quantitative estimate of drug-likeness (QED) is 0.941. The number of pyridine rings is 1. The van der Waals surface area contributed by atoms with Crippen molar-refractivity contribution < 1.29 is 9.59 Å². The third-order valence-electron chi connectivity index (χ3n) is 4.29. The molecule has 24 heavy (non-hydrogen) atoms. The molecule has 0 aliphatic carbocycles. The lowest BCUT2D eigenvalue weighted by molar-refractivity contribution is -0.122. The molecule has 0 bridgehead atoms. The minimum Gasteiger partial charge on any atom is -0.312 e. The molecule has 1 N–H and O–H groups in total. The summed E-state index contributed by atoms with van der Waals surface area (Å²) in [6, 6.07) is 13.4. The van der Waals surface area contributed by atoms with E-state index < -0.39 is 0 Å². The molecule has 0 spiro atoms. The van der Waals surface area contributed by atoms with Gasteiger partial charge in [0.05, 0.1) is 5.92 Å². The Kier molecular flexibility index (Phi) is 4.60. The molecule has 1 saturated heterocycles. The molecule has 1 fully saturated rings. The summed E-state index contributed by atoms with van der Waals surface area (Å²) in [7, 11) is 0. The molecule has 0 saturated carbocycles. The van der Waals surface area contributed by atoms with Crippen molar-refractivity contribution in [1.29, 1.82) is 0 Å². The van der Waals surface area contributed by atoms with Gasteiger partial charge in [-0.3, -0.25) is 9.59 Å². The van der Waals surface area contributed by atoms with Crippen molar-refractivity contribution in [2.75, 3.05) is 16.8 Å². The lowest BCUT2D eigenvalue weighted by Crippen LogP contribution is -2.28. The van der Waals surface area contributed by atoms with Gasteiger partial charge in [0.15, 0.2) is 0 Å². The van der Waals surface area contributed by atoms with E-state index in [1.807, 2.05) is 43.3 Å². The third kappa shape index (κ3) is 3.45. The largest absolute Gasteiger partial charge is 0.312 e. The van der Waals surface area contributed by atoms with Crippen molar-refractivity contribution in [3.8, 4) is 0 Å². The summed E-state index contributed by atoms with van der Waals surface area (Å²) in [4.78, 5) is 30.7. The Morgan fingerprint density at radius 1 is 1.25 bits per heavy atom. The standard InChI is InChI=1S/C19H21N3O2/c1-3-14-7-9-16(10-8-14)22-12-15(11-18(22)23)19(24)21-17-6-4-5-13(2)20-17/h4-10,15H,3,11-12H2,1-2H3,(H,20,21,24)/t15-/m1/s1. The van der Waals surface area contributed by atoms with Crippen LogP contribution in [0.5, 0.6) is 0 Å². The molecule has 2 heterocycles. The van der Waals surface area contributed by atoms with E-state index in [1.54, 1.807) is 11.0 Å². The van der Waals surface area contributed by atoms with Gasteiger partial charge >= 0.3 is 0 Å². The van der Waals surface area contributed by atoms with Crippen LogP contribution >= 0.6 is 0 Å². The zero-order valence-corrected chi connectivity index (χ0v) is 14.0. The van der Waals surface area contributed by atoms with Crippen LogP contribution < -0.4 is 10.2 Å². The highest BCUT2D eigenvalue weighted by Crippen LogP contribution is 2.26. The normalized spacial score (nSPS) is 17.2. The van der Waals surface area contributed by atoms with Crippen molar-refractivity contribution in [2.45, 2.75) is 26.7 Å². The maximum atomic E-state index is 12.4. The van der Waals surface area contributed by atoms with E-state index >= 15 is 0 Å². The predicted octanol–water partition coefficient (Wildman–Crippen LogP) is 2.94. The number of aryl methyl sites for hydroxylation is 2. The summed E-state index contributed by atoms with van der Waals surface area (Å²) < 4.78 is 0.